The molecule has 126 valence electrons. The summed E-state index contributed by atoms with van der Waals surface area (Å²) >= 11 is 5.92. The normalized spacial score (nSPS) is 10.4. The first kappa shape index (κ1) is 16.6. The SMILES string of the molecule is O=Cc1cc([N+](=O)[O-])ccc1OCc1nc(-c2cccc(Cl)c2)no1. The maximum absolute atomic E-state index is 11.1. The van der Waals surface area contributed by atoms with Crippen LogP contribution in [0.2, 0.25) is 5.02 Å². The molecule has 0 saturated heterocycles. The number of hydrogen-bond donors (Lipinski definition) is 0. The number of rotatable bonds is 6. The lowest BCUT2D eigenvalue weighted by molar-refractivity contribution is -0.384. The monoisotopic (exact) mass is 359 g/mol. The number of aromatic nitrogens is 2. The van der Waals surface area contributed by atoms with Crippen molar-refractivity contribution in [3.8, 4) is 17.1 Å². The average Bonchev–Trinajstić information content (AvgIpc) is 3.08. The molecule has 8 nitrogen and oxygen atoms in total. The fourth-order valence-corrected chi connectivity index (χ4v) is 2.26. The van der Waals surface area contributed by atoms with E-state index in [1.165, 1.54) is 12.1 Å². The number of nitrogens with zero attached hydrogens (tertiary/aromatic N) is 3. The Hall–Kier alpha value is -3.26. The largest absolute Gasteiger partial charge is 0.483 e. The molecule has 0 N–H and O–H groups in total. The highest BCUT2D eigenvalue weighted by molar-refractivity contribution is 6.30. The number of carbonyl (C=O) groups is 1. The summed E-state index contributed by atoms with van der Waals surface area (Å²) in [6.07, 6.45) is 0.480. The molecule has 3 rings (SSSR count). The van der Waals surface area contributed by atoms with Gasteiger partial charge in [0.05, 0.1) is 10.5 Å². The zero-order valence-electron chi connectivity index (χ0n) is 12.6. The third-order valence-corrected chi connectivity index (χ3v) is 3.47. The van der Waals surface area contributed by atoms with Crippen molar-refractivity contribution in [1.82, 2.24) is 10.1 Å². The molecule has 0 atom stereocenters. The second kappa shape index (κ2) is 7.10. The van der Waals surface area contributed by atoms with Crippen LogP contribution in [0.15, 0.2) is 47.0 Å². The van der Waals surface area contributed by atoms with Crippen LogP contribution in [-0.2, 0) is 6.61 Å². The highest BCUT2D eigenvalue weighted by Gasteiger charge is 2.14. The van der Waals surface area contributed by atoms with Crippen LogP contribution in [0.3, 0.4) is 0 Å². The Bertz CT molecular complexity index is 941. The van der Waals surface area contributed by atoms with Gasteiger partial charge in [-0.05, 0) is 18.2 Å². The Labute approximate surface area is 146 Å². The first-order valence-corrected chi connectivity index (χ1v) is 7.39. The molecule has 0 unspecified atom stereocenters. The molecule has 3 aromatic rings. The smallest absolute Gasteiger partial charge is 0.270 e. The average molecular weight is 360 g/mol. The molecule has 0 aliphatic heterocycles. The van der Waals surface area contributed by atoms with E-state index >= 15 is 0 Å². The van der Waals surface area contributed by atoms with Gasteiger partial charge in [-0.3, -0.25) is 14.9 Å². The lowest BCUT2D eigenvalue weighted by atomic mass is 10.2. The number of aldehydes is 1. The van der Waals surface area contributed by atoms with Gasteiger partial charge in [0.25, 0.3) is 11.6 Å². The van der Waals surface area contributed by atoms with Crippen LogP contribution in [0, 0.1) is 10.1 Å². The van der Waals surface area contributed by atoms with Crippen LogP contribution in [0.25, 0.3) is 11.4 Å². The molecule has 0 aliphatic rings. The van der Waals surface area contributed by atoms with Crippen molar-refractivity contribution < 1.29 is 19.0 Å². The minimum atomic E-state index is -0.591. The predicted octanol–water partition coefficient (Wildman–Crippen LogP) is 3.69. The second-order valence-corrected chi connectivity index (χ2v) is 5.34. The van der Waals surface area contributed by atoms with Gasteiger partial charge in [0.15, 0.2) is 12.9 Å². The molecule has 2 aromatic carbocycles. The summed E-state index contributed by atoms with van der Waals surface area (Å²) in [6, 6.07) is 10.7. The Kier molecular flexibility index (Phi) is 4.71. The molecule has 25 heavy (non-hydrogen) atoms. The van der Waals surface area contributed by atoms with Gasteiger partial charge in [-0.2, -0.15) is 4.98 Å². The Balaban J connectivity index is 1.74. The van der Waals surface area contributed by atoms with E-state index in [9.17, 15) is 14.9 Å². The van der Waals surface area contributed by atoms with Crippen LogP contribution in [-0.4, -0.2) is 21.4 Å². The summed E-state index contributed by atoms with van der Waals surface area (Å²) in [5.41, 5.74) is 0.547. The van der Waals surface area contributed by atoms with Crippen LogP contribution >= 0.6 is 11.6 Å². The maximum atomic E-state index is 11.1. The number of ether oxygens (including phenoxy) is 1. The maximum Gasteiger partial charge on any atom is 0.270 e. The number of hydrogen-bond acceptors (Lipinski definition) is 7. The topological polar surface area (TPSA) is 108 Å². The fourth-order valence-electron chi connectivity index (χ4n) is 2.07. The molecule has 0 bridgehead atoms. The molecule has 0 amide bonds. The van der Waals surface area contributed by atoms with Gasteiger partial charge in [0.1, 0.15) is 5.75 Å². The molecule has 0 aliphatic carbocycles. The molecule has 0 saturated carbocycles. The van der Waals surface area contributed by atoms with Crippen molar-refractivity contribution in [2.75, 3.05) is 0 Å². The minimum absolute atomic E-state index is 0.0591. The molecule has 0 radical (unpaired) electrons. The number of nitro benzene ring substituents is 1. The summed E-state index contributed by atoms with van der Waals surface area (Å²) in [5.74, 6) is 0.716. The molecular weight excluding hydrogens is 350 g/mol. The summed E-state index contributed by atoms with van der Waals surface area (Å²) in [5, 5.41) is 15.1. The number of non-ortho nitro benzene ring substituents is 1. The molecule has 1 heterocycles. The van der Waals surface area contributed by atoms with Crippen LogP contribution in [0.5, 0.6) is 5.75 Å². The van der Waals surface area contributed by atoms with E-state index in [0.717, 1.165) is 6.07 Å². The number of carbonyl (C=O) groups excluding carboxylic acids is 1. The van der Waals surface area contributed by atoms with E-state index in [1.54, 1.807) is 24.3 Å². The van der Waals surface area contributed by atoms with Gasteiger partial charge >= 0.3 is 0 Å². The quantitative estimate of drug-likeness (QED) is 0.375. The zero-order chi connectivity index (χ0) is 17.8. The summed E-state index contributed by atoms with van der Waals surface area (Å²) < 4.78 is 10.5. The summed E-state index contributed by atoms with van der Waals surface area (Å²) in [4.78, 5) is 25.4. The standard InChI is InChI=1S/C16H10ClN3O5/c17-12-3-1-2-10(6-12)16-18-15(25-19-16)9-24-14-5-4-13(20(22)23)7-11(14)8-21/h1-8H,9H2. The first-order chi connectivity index (χ1) is 12.1. The van der Waals surface area contributed by atoms with Crippen molar-refractivity contribution >= 4 is 23.6 Å². The Morgan fingerprint density at radius 2 is 2.12 bits per heavy atom. The van der Waals surface area contributed by atoms with E-state index in [0.29, 0.717) is 22.7 Å². The van der Waals surface area contributed by atoms with Crippen molar-refractivity contribution in [3.63, 3.8) is 0 Å². The number of halogens is 1. The summed E-state index contributed by atoms with van der Waals surface area (Å²) in [6.45, 7) is -0.0911. The number of benzene rings is 2. The zero-order valence-corrected chi connectivity index (χ0v) is 13.3. The fraction of sp³-hybridized carbons (Fsp3) is 0.0625. The van der Waals surface area contributed by atoms with E-state index in [1.807, 2.05) is 0 Å². The minimum Gasteiger partial charge on any atom is -0.483 e. The van der Waals surface area contributed by atoms with Gasteiger partial charge in [-0.1, -0.05) is 28.9 Å². The van der Waals surface area contributed by atoms with Crippen molar-refractivity contribution in [1.29, 1.82) is 0 Å². The highest BCUT2D eigenvalue weighted by atomic mass is 35.5. The van der Waals surface area contributed by atoms with Crippen LogP contribution < -0.4 is 4.74 Å². The molecule has 1 aromatic heterocycles. The third-order valence-electron chi connectivity index (χ3n) is 3.23. The van der Waals surface area contributed by atoms with E-state index in [4.69, 9.17) is 20.9 Å². The highest BCUT2D eigenvalue weighted by Crippen LogP contribution is 2.24. The van der Waals surface area contributed by atoms with Gasteiger partial charge in [0, 0.05) is 22.7 Å². The lowest BCUT2D eigenvalue weighted by Crippen LogP contribution is -1.99. The van der Waals surface area contributed by atoms with Crippen molar-refractivity contribution in [2.45, 2.75) is 6.61 Å². The predicted molar refractivity (Wildman–Crippen MR) is 87.6 cm³/mol. The molecule has 9 heteroatoms. The lowest BCUT2D eigenvalue weighted by Gasteiger charge is -2.05. The Morgan fingerprint density at radius 3 is 2.84 bits per heavy atom. The van der Waals surface area contributed by atoms with Crippen LogP contribution in [0.1, 0.15) is 16.2 Å². The van der Waals surface area contributed by atoms with Crippen molar-refractivity contribution in [3.05, 3.63) is 69.1 Å². The van der Waals surface area contributed by atoms with Gasteiger partial charge < -0.3 is 9.26 Å². The van der Waals surface area contributed by atoms with Gasteiger partial charge in [-0.15, -0.1) is 0 Å². The molecule has 0 spiro atoms. The van der Waals surface area contributed by atoms with Crippen LogP contribution in [0.4, 0.5) is 5.69 Å². The number of nitro groups is 1. The van der Waals surface area contributed by atoms with E-state index < -0.39 is 4.92 Å². The molecular formula is C16H10ClN3O5. The summed E-state index contributed by atoms with van der Waals surface area (Å²) in [7, 11) is 0. The van der Waals surface area contributed by atoms with Gasteiger partial charge in [-0.25, -0.2) is 0 Å². The Morgan fingerprint density at radius 1 is 1.28 bits per heavy atom. The van der Waals surface area contributed by atoms with Crippen molar-refractivity contribution in [2.24, 2.45) is 0 Å². The van der Waals surface area contributed by atoms with Gasteiger partial charge in [0.2, 0.25) is 5.82 Å². The van der Waals surface area contributed by atoms with E-state index in [2.05, 4.69) is 10.1 Å². The second-order valence-electron chi connectivity index (χ2n) is 4.91. The molecule has 0 fully saturated rings. The first-order valence-electron chi connectivity index (χ1n) is 7.02. The third kappa shape index (κ3) is 3.81. The van der Waals surface area contributed by atoms with E-state index in [-0.39, 0.29) is 29.5 Å².